The molecule has 0 radical (unpaired) electrons. The highest BCUT2D eigenvalue weighted by Gasteiger charge is 2.17. The molecule has 3 heterocycles. The van der Waals surface area contributed by atoms with Gasteiger partial charge in [0, 0.05) is 22.4 Å². The molecule has 0 saturated carbocycles. The van der Waals surface area contributed by atoms with Crippen molar-refractivity contribution in [3.8, 4) is 22.7 Å². The van der Waals surface area contributed by atoms with Gasteiger partial charge in [-0.1, -0.05) is 18.2 Å². The second-order valence-corrected chi connectivity index (χ2v) is 7.52. The lowest BCUT2D eigenvalue weighted by molar-refractivity contribution is 0.102. The minimum Gasteiger partial charge on any atom is -0.463 e. The lowest BCUT2D eigenvalue weighted by Gasteiger charge is -2.08. The van der Waals surface area contributed by atoms with Crippen LogP contribution in [0.3, 0.4) is 0 Å². The van der Waals surface area contributed by atoms with Crippen molar-refractivity contribution in [2.24, 2.45) is 0 Å². The van der Waals surface area contributed by atoms with E-state index in [-0.39, 0.29) is 11.5 Å². The molecule has 152 valence electrons. The van der Waals surface area contributed by atoms with Gasteiger partial charge in [0.25, 0.3) is 5.91 Å². The number of nitrogens with zero attached hydrogens (tertiary/aromatic N) is 2. The first kappa shape index (κ1) is 19.1. The van der Waals surface area contributed by atoms with Gasteiger partial charge in [-0.2, -0.15) is 0 Å². The molecule has 0 aliphatic carbocycles. The topological polar surface area (TPSA) is 68.0 Å². The summed E-state index contributed by atoms with van der Waals surface area (Å²) in [5.41, 5.74) is 2.06. The van der Waals surface area contributed by atoms with Crippen molar-refractivity contribution in [2.45, 2.75) is 0 Å². The number of carbonyl (C=O) groups excluding carboxylic acids is 1. The van der Waals surface area contributed by atoms with Crippen molar-refractivity contribution >= 4 is 33.3 Å². The predicted molar refractivity (Wildman–Crippen MR) is 115 cm³/mol. The second-order valence-electron chi connectivity index (χ2n) is 6.67. The maximum Gasteiger partial charge on any atom is 0.258 e. The average molecular weight is 433 g/mol. The van der Waals surface area contributed by atoms with E-state index < -0.39 is 11.6 Å². The predicted octanol–water partition coefficient (Wildman–Crippen LogP) is 6.15. The van der Waals surface area contributed by atoms with Gasteiger partial charge in [-0.25, -0.2) is 18.7 Å². The summed E-state index contributed by atoms with van der Waals surface area (Å²) in [7, 11) is 0. The van der Waals surface area contributed by atoms with Crippen molar-refractivity contribution in [1.82, 2.24) is 9.97 Å². The molecule has 0 aliphatic heterocycles. The maximum atomic E-state index is 14.0. The Morgan fingerprint density at radius 1 is 0.968 bits per heavy atom. The van der Waals surface area contributed by atoms with Gasteiger partial charge in [-0.15, -0.1) is 11.3 Å². The number of aromatic nitrogens is 2. The van der Waals surface area contributed by atoms with Crippen molar-refractivity contribution in [3.05, 3.63) is 89.5 Å². The second kappa shape index (κ2) is 7.73. The van der Waals surface area contributed by atoms with E-state index >= 15 is 0 Å². The van der Waals surface area contributed by atoms with Crippen LogP contribution in [0.15, 0.2) is 76.7 Å². The number of anilines is 1. The van der Waals surface area contributed by atoms with Crippen LogP contribution in [0.2, 0.25) is 0 Å². The van der Waals surface area contributed by atoms with Crippen LogP contribution in [0, 0.1) is 11.6 Å². The molecule has 5 nitrogen and oxygen atoms in total. The zero-order chi connectivity index (χ0) is 21.4. The molecule has 1 amide bonds. The molecule has 0 unspecified atom stereocenters. The van der Waals surface area contributed by atoms with Crippen LogP contribution in [-0.2, 0) is 0 Å². The maximum absolute atomic E-state index is 14.0. The number of nitrogens with one attached hydrogen (secondary N) is 1. The Hall–Kier alpha value is -3.91. The minimum absolute atomic E-state index is 0.160. The highest BCUT2D eigenvalue weighted by molar-refractivity contribution is 7.14. The smallest absolute Gasteiger partial charge is 0.258 e. The standard InChI is InChI=1S/C23H13F2N3O2S/c24-13-7-8-15(17(25)10-13)20-12-31-23(27-20)28-22(29)16-11-19(21-6-3-9-30-21)26-18-5-2-1-4-14(16)18/h1-12H,(H,27,28,29). The fraction of sp³-hybridized carbons (Fsp3) is 0. The number of fused-ring (bicyclic) bond motifs is 1. The molecule has 31 heavy (non-hydrogen) atoms. The minimum atomic E-state index is -0.716. The van der Waals surface area contributed by atoms with Crippen LogP contribution in [-0.4, -0.2) is 15.9 Å². The van der Waals surface area contributed by atoms with E-state index in [1.807, 2.05) is 24.3 Å². The van der Waals surface area contributed by atoms with Crippen LogP contribution in [0.1, 0.15) is 10.4 Å². The van der Waals surface area contributed by atoms with Crippen LogP contribution in [0.5, 0.6) is 0 Å². The summed E-state index contributed by atoms with van der Waals surface area (Å²) in [5, 5.41) is 5.33. The summed E-state index contributed by atoms with van der Waals surface area (Å²) in [4.78, 5) is 21.9. The number of halogens is 2. The molecule has 0 fully saturated rings. The Kier molecular flexibility index (Phi) is 4.76. The van der Waals surface area contributed by atoms with Crippen LogP contribution >= 0.6 is 11.3 Å². The quantitative estimate of drug-likeness (QED) is 0.369. The lowest BCUT2D eigenvalue weighted by Crippen LogP contribution is -2.13. The van der Waals surface area contributed by atoms with Gasteiger partial charge in [0.2, 0.25) is 0 Å². The molecule has 5 rings (SSSR count). The van der Waals surface area contributed by atoms with Crippen LogP contribution in [0.25, 0.3) is 33.6 Å². The third kappa shape index (κ3) is 3.69. The molecule has 0 saturated heterocycles. The number of hydrogen-bond donors (Lipinski definition) is 1. The number of amides is 1. The molecule has 3 aromatic heterocycles. The summed E-state index contributed by atoms with van der Waals surface area (Å²) in [5.74, 6) is -1.22. The average Bonchev–Trinajstić information content (AvgIpc) is 3.45. The number of furan rings is 1. The number of hydrogen-bond acceptors (Lipinski definition) is 5. The van der Waals surface area contributed by atoms with E-state index in [4.69, 9.17) is 4.42 Å². The normalized spacial score (nSPS) is 11.0. The molecule has 0 bridgehead atoms. The van der Waals surface area contributed by atoms with E-state index in [1.54, 1.807) is 23.6 Å². The monoisotopic (exact) mass is 433 g/mol. The van der Waals surface area contributed by atoms with Crippen molar-refractivity contribution in [2.75, 3.05) is 5.32 Å². The van der Waals surface area contributed by atoms with Crippen LogP contribution < -0.4 is 5.32 Å². The molecule has 0 spiro atoms. The number of thiazole rings is 1. The van der Waals surface area contributed by atoms with E-state index in [0.29, 0.717) is 38.7 Å². The van der Waals surface area contributed by atoms with E-state index in [0.717, 1.165) is 23.5 Å². The molecule has 8 heteroatoms. The summed E-state index contributed by atoms with van der Waals surface area (Å²) in [6.07, 6.45) is 1.54. The Morgan fingerprint density at radius 2 is 1.84 bits per heavy atom. The van der Waals surface area contributed by atoms with Crippen molar-refractivity contribution in [3.63, 3.8) is 0 Å². The first-order valence-corrected chi connectivity index (χ1v) is 10.1. The fourth-order valence-corrected chi connectivity index (χ4v) is 3.94. The zero-order valence-corrected chi connectivity index (χ0v) is 16.6. The third-order valence-corrected chi connectivity index (χ3v) is 5.42. The molecular weight excluding hydrogens is 420 g/mol. The van der Waals surface area contributed by atoms with Gasteiger partial charge in [-0.3, -0.25) is 10.1 Å². The number of pyridine rings is 1. The molecule has 0 aliphatic rings. The molecule has 1 N–H and O–H groups in total. The largest absolute Gasteiger partial charge is 0.463 e. The number of para-hydroxylation sites is 1. The van der Waals surface area contributed by atoms with Crippen LogP contribution in [0.4, 0.5) is 13.9 Å². The number of benzene rings is 2. The number of carbonyl (C=O) groups is 1. The molecule has 0 atom stereocenters. The molecule has 5 aromatic rings. The van der Waals surface area contributed by atoms with Gasteiger partial charge in [0.1, 0.15) is 17.3 Å². The van der Waals surface area contributed by atoms with Gasteiger partial charge in [0.15, 0.2) is 10.9 Å². The van der Waals surface area contributed by atoms with Gasteiger partial charge < -0.3 is 4.42 Å². The first-order valence-electron chi connectivity index (χ1n) is 9.24. The Morgan fingerprint density at radius 3 is 2.65 bits per heavy atom. The zero-order valence-electron chi connectivity index (χ0n) is 15.8. The Labute approximate surface area is 179 Å². The van der Waals surface area contributed by atoms with E-state index in [1.165, 1.54) is 12.3 Å². The fourth-order valence-electron chi connectivity index (χ4n) is 3.23. The summed E-state index contributed by atoms with van der Waals surface area (Å²) in [6.45, 7) is 0. The molecular formula is C23H13F2N3O2S. The van der Waals surface area contributed by atoms with Crippen molar-refractivity contribution < 1.29 is 18.0 Å². The van der Waals surface area contributed by atoms with E-state index in [2.05, 4.69) is 15.3 Å². The first-order chi connectivity index (χ1) is 15.1. The van der Waals surface area contributed by atoms with Gasteiger partial charge >= 0.3 is 0 Å². The summed E-state index contributed by atoms with van der Waals surface area (Å²) < 4.78 is 32.6. The van der Waals surface area contributed by atoms with Gasteiger partial charge in [0.05, 0.1) is 23.0 Å². The SMILES string of the molecule is O=C(Nc1nc(-c2ccc(F)cc2F)cs1)c1cc(-c2ccco2)nc2ccccc12. The summed E-state index contributed by atoms with van der Waals surface area (Å²) in [6, 6.07) is 15.7. The third-order valence-electron chi connectivity index (χ3n) is 4.67. The lowest BCUT2D eigenvalue weighted by atomic mass is 10.1. The van der Waals surface area contributed by atoms with Crippen molar-refractivity contribution in [1.29, 1.82) is 0 Å². The highest BCUT2D eigenvalue weighted by atomic mass is 32.1. The van der Waals surface area contributed by atoms with E-state index in [9.17, 15) is 13.6 Å². The number of rotatable bonds is 4. The summed E-state index contributed by atoms with van der Waals surface area (Å²) >= 11 is 1.15. The Bertz CT molecular complexity index is 1410. The molecule has 2 aromatic carbocycles. The van der Waals surface area contributed by atoms with Gasteiger partial charge in [-0.05, 0) is 36.4 Å². The highest BCUT2D eigenvalue weighted by Crippen LogP contribution is 2.29. The Balaban J connectivity index is 1.49.